The van der Waals surface area contributed by atoms with Crippen LogP contribution < -0.4 is 0 Å². The SMILES string of the molecule is O=Nc1ccc(CCC(=O)/C=C/CCC2=CCC#CC(O)C=C2)cc1. The molecule has 128 valence electrons. The van der Waals surface area contributed by atoms with E-state index in [0.29, 0.717) is 24.9 Å². The van der Waals surface area contributed by atoms with Crippen molar-refractivity contribution >= 4 is 11.5 Å². The fourth-order valence-electron chi connectivity index (χ4n) is 2.40. The topological polar surface area (TPSA) is 66.7 Å². The molecule has 0 amide bonds. The van der Waals surface area contributed by atoms with E-state index in [0.717, 1.165) is 24.0 Å². The molecule has 1 N–H and O–H groups in total. The third kappa shape index (κ3) is 7.11. The van der Waals surface area contributed by atoms with Crippen LogP contribution in [0.5, 0.6) is 0 Å². The van der Waals surface area contributed by atoms with Gasteiger partial charge in [-0.15, -0.1) is 4.91 Å². The largest absolute Gasteiger partial charge is 0.377 e. The molecule has 1 aromatic carbocycles. The Morgan fingerprint density at radius 2 is 2.08 bits per heavy atom. The zero-order valence-corrected chi connectivity index (χ0v) is 14.0. The Labute approximate surface area is 147 Å². The minimum absolute atomic E-state index is 0.0843. The number of ketones is 1. The first kappa shape index (κ1) is 18.6. The number of aliphatic hydroxyl groups excluding tert-OH is 1. The number of aliphatic hydroxyl groups is 1. The van der Waals surface area contributed by atoms with E-state index in [1.54, 1.807) is 24.3 Å². The van der Waals surface area contributed by atoms with Crippen LogP contribution in [0, 0.1) is 16.7 Å². The molecule has 0 aliphatic heterocycles. The molecule has 1 unspecified atom stereocenters. The van der Waals surface area contributed by atoms with E-state index in [1.807, 2.05) is 30.4 Å². The van der Waals surface area contributed by atoms with E-state index in [-0.39, 0.29) is 5.78 Å². The first-order chi connectivity index (χ1) is 12.2. The van der Waals surface area contributed by atoms with Crippen LogP contribution in [0.15, 0.2) is 65.4 Å². The van der Waals surface area contributed by atoms with Crippen molar-refractivity contribution in [1.29, 1.82) is 0 Å². The van der Waals surface area contributed by atoms with Gasteiger partial charge < -0.3 is 5.11 Å². The molecule has 0 aromatic heterocycles. The highest BCUT2D eigenvalue weighted by Crippen LogP contribution is 2.14. The molecule has 0 spiro atoms. The molecule has 0 saturated heterocycles. The maximum Gasteiger partial charge on any atom is 0.155 e. The van der Waals surface area contributed by atoms with Crippen LogP contribution in [0.3, 0.4) is 0 Å². The highest BCUT2D eigenvalue weighted by atomic mass is 16.3. The molecule has 0 heterocycles. The van der Waals surface area contributed by atoms with E-state index < -0.39 is 6.10 Å². The Hall–Kier alpha value is -2.77. The molecule has 0 fully saturated rings. The van der Waals surface area contributed by atoms with Gasteiger partial charge >= 0.3 is 0 Å². The lowest BCUT2D eigenvalue weighted by atomic mass is 10.0. The predicted molar refractivity (Wildman–Crippen MR) is 99.2 cm³/mol. The number of carbonyl (C=O) groups is 1. The number of nitrogens with zero attached hydrogens (tertiary/aromatic N) is 1. The Kier molecular flexibility index (Phi) is 7.55. The van der Waals surface area contributed by atoms with Crippen molar-refractivity contribution in [3.8, 4) is 11.8 Å². The van der Waals surface area contributed by atoms with E-state index in [9.17, 15) is 14.8 Å². The number of rotatable bonds is 8. The number of allylic oxidation sites excluding steroid dienone is 5. The van der Waals surface area contributed by atoms with Gasteiger partial charge in [0.15, 0.2) is 5.78 Å². The summed E-state index contributed by atoms with van der Waals surface area (Å²) in [5, 5.41) is 12.3. The Morgan fingerprint density at radius 1 is 1.28 bits per heavy atom. The van der Waals surface area contributed by atoms with E-state index >= 15 is 0 Å². The van der Waals surface area contributed by atoms with Crippen molar-refractivity contribution in [1.82, 2.24) is 0 Å². The van der Waals surface area contributed by atoms with Gasteiger partial charge in [0.2, 0.25) is 0 Å². The van der Waals surface area contributed by atoms with Gasteiger partial charge in [-0.05, 0) is 54.3 Å². The summed E-state index contributed by atoms with van der Waals surface area (Å²) >= 11 is 0. The van der Waals surface area contributed by atoms with Crippen LogP contribution in [0.1, 0.15) is 31.2 Å². The van der Waals surface area contributed by atoms with Crippen LogP contribution in [-0.2, 0) is 11.2 Å². The third-order valence-electron chi connectivity index (χ3n) is 3.81. The molecular formula is C21H21NO3. The summed E-state index contributed by atoms with van der Waals surface area (Å²) in [4.78, 5) is 22.3. The third-order valence-corrected chi connectivity index (χ3v) is 3.81. The quantitative estimate of drug-likeness (QED) is 0.440. The molecular weight excluding hydrogens is 314 g/mol. The second-order valence-electron chi connectivity index (χ2n) is 5.77. The zero-order chi connectivity index (χ0) is 17.9. The maximum atomic E-state index is 11.9. The molecule has 0 saturated carbocycles. The van der Waals surface area contributed by atoms with Gasteiger partial charge in [0, 0.05) is 12.8 Å². The van der Waals surface area contributed by atoms with Crippen LogP contribution >= 0.6 is 0 Å². The summed E-state index contributed by atoms with van der Waals surface area (Å²) < 4.78 is 0. The van der Waals surface area contributed by atoms with Crippen LogP contribution in [-0.4, -0.2) is 17.0 Å². The molecule has 1 aliphatic carbocycles. The van der Waals surface area contributed by atoms with Crippen LogP contribution in [0.25, 0.3) is 0 Å². The molecule has 25 heavy (non-hydrogen) atoms. The lowest BCUT2D eigenvalue weighted by Crippen LogP contribution is -1.98. The van der Waals surface area contributed by atoms with Crippen LogP contribution in [0.4, 0.5) is 5.69 Å². The number of hydrogen-bond donors (Lipinski definition) is 1. The van der Waals surface area contributed by atoms with Crippen molar-refractivity contribution in [2.24, 2.45) is 5.18 Å². The lowest BCUT2D eigenvalue weighted by Gasteiger charge is -2.03. The van der Waals surface area contributed by atoms with Gasteiger partial charge in [0.25, 0.3) is 0 Å². The smallest absolute Gasteiger partial charge is 0.155 e. The first-order valence-corrected chi connectivity index (χ1v) is 8.33. The van der Waals surface area contributed by atoms with E-state index in [4.69, 9.17) is 0 Å². The number of nitroso groups, excluding NO2 is 1. The molecule has 1 aliphatic rings. The summed E-state index contributed by atoms with van der Waals surface area (Å²) in [6, 6.07) is 6.94. The summed E-state index contributed by atoms with van der Waals surface area (Å²) in [6.45, 7) is 0. The summed E-state index contributed by atoms with van der Waals surface area (Å²) in [5.74, 6) is 5.69. The normalized spacial score (nSPS) is 16.5. The summed E-state index contributed by atoms with van der Waals surface area (Å²) in [7, 11) is 0. The number of carbonyl (C=O) groups excluding carboxylic acids is 1. The minimum atomic E-state index is -0.697. The van der Waals surface area contributed by atoms with Gasteiger partial charge in [-0.25, -0.2) is 0 Å². The molecule has 4 heteroatoms. The standard InChI is InChI=1S/C21H21NO3/c23-20-7-3-1-5-17(11-15-20)6-2-4-8-21(24)16-12-18-9-13-19(22-25)14-10-18/h4-5,8-11,13-15,20,23H,1-2,6,12,16H2/b8-4+,15-11?,17-5?. The lowest BCUT2D eigenvalue weighted by molar-refractivity contribution is -0.114. The number of aryl methyl sites for hydroxylation is 1. The molecule has 0 radical (unpaired) electrons. The van der Waals surface area contributed by atoms with Crippen molar-refractivity contribution in [2.45, 2.75) is 38.2 Å². The highest BCUT2D eigenvalue weighted by Gasteiger charge is 2.01. The zero-order valence-electron chi connectivity index (χ0n) is 14.0. The molecule has 4 nitrogen and oxygen atoms in total. The van der Waals surface area contributed by atoms with Crippen LogP contribution in [0.2, 0.25) is 0 Å². The molecule has 2 rings (SSSR count). The van der Waals surface area contributed by atoms with E-state index in [2.05, 4.69) is 17.0 Å². The fraction of sp³-hybridized carbons (Fsp3) is 0.286. The van der Waals surface area contributed by atoms with Gasteiger partial charge in [0.05, 0.1) is 0 Å². The van der Waals surface area contributed by atoms with Gasteiger partial charge in [-0.3, -0.25) is 4.79 Å². The second-order valence-corrected chi connectivity index (χ2v) is 5.77. The van der Waals surface area contributed by atoms with Crippen molar-refractivity contribution in [3.05, 3.63) is 70.7 Å². The van der Waals surface area contributed by atoms with Gasteiger partial charge in [-0.2, -0.15) is 0 Å². The average molecular weight is 335 g/mol. The van der Waals surface area contributed by atoms with E-state index in [1.165, 1.54) is 0 Å². The van der Waals surface area contributed by atoms with Crippen molar-refractivity contribution < 1.29 is 9.90 Å². The minimum Gasteiger partial charge on any atom is -0.377 e. The van der Waals surface area contributed by atoms with Crippen molar-refractivity contribution in [2.75, 3.05) is 0 Å². The molecule has 1 atom stereocenters. The maximum absolute atomic E-state index is 11.9. The fourth-order valence-corrected chi connectivity index (χ4v) is 2.40. The average Bonchev–Trinajstić information content (AvgIpc) is 2.62. The molecule has 0 bridgehead atoms. The first-order valence-electron chi connectivity index (χ1n) is 8.33. The second kappa shape index (κ2) is 10.2. The Morgan fingerprint density at radius 3 is 2.84 bits per heavy atom. The number of hydrogen-bond acceptors (Lipinski definition) is 4. The van der Waals surface area contributed by atoms with Gasteiger partial charge in [-0.1, -0.05) is 47.8 Å². The Bertz CT molecular complexity index is 746. The highest BCUT2D eigenvalue weighted by molar-refractivity contribution is 5.89. The Balaban J connectivity index is 1.72. The predicted octanol–water partition coefficient (Wildman–Crippen LogP) is 4.17. The monoisotopic (exact) mass is 335 g/mol. The molecule has 1 aromatic rings. The number of benzene rings is 1. The summed E-state index contributed by atoms with van der Waals surface area (Å²) in [5.41, 5.74) is 2.53. The van der Waals surface area contributed by atoms with Crippen molar-refractivity contribution in [3.63, 3.8) is 0 Å². The summed E-state index contributed by atoms with van der Waals surface area (Å²) in [6.07, 6.45) is 11.7. The van der Waals surface area contributed by atoms with Gasteiger partial charge in [0.1, 0.15) is 11.8 Å².